The van der Waals surface area contributed by atoms with Gasteiger partial charge in [0, 0.05) is 6.04 Å². The van der Waals surface area contributed by atoms with E-state index in [2.05, 4.69) is 5.32 Å². The van der Waals surface area contributed by atoms with Crippen LogP contribution in [-0.2, 0) is 0 Å². The molecular formula is C20H25NO2. The molecule has 3 nitrogen and oxygen atoms in total. The van der Waals surface area contributed by atoms with Crippen LogP contribution in [0.15, 0.2) is 60.7 Å². The fourth-order valence-corrected chi connectivity index (χ4v) is 3.41. The number of rotatable bonds is 5. The molecule has 1 fully saturated rings. The smallest absolute Gasteiger partial charge is 0.0984 e. The molecule has 122 valence electrons. The van der Waals surface area contributed by atoms with E-state index in [9.17, 15) is 10.2 Å². The highest BCUT2D eigenvalue weighted by molar-refractivity contribution is 5.26. The number of hydrogen-bond donors (Lipinski definition) is 3. The van der Waals surface area contributed by atoms with Crippen LogP contribution in [0.5, 0.6) is 0 Å². The number of aliphatic hydroxyl groups is 2. The lowest BCUT2D eigenvalue weighted by atomic mass is 9.89. The predicted octanol–water partition coefficient (Wildman–Crippen LogP) is 3.35. The van der Waals surface area contributed by atoms with Crippen LogP contribution < -0.4 is 5.32 Å². The summed E-state index contributed by atoms with van der Waals surface area (Å²) in [4.78, 5) is 0. The molecule has 2 aromatic carbocycles. The highest BCUT2D eigenvalue weighted by Crippen LogP contribution is 2.31. The number of hydrogen-bond acceptors (Lipinski definition) is 3. The molecule has 0 saturated heterocycles. The van der Waals surface area contributed by atoms with E-state index in [1.807, 2.05) is 60.7 Å². The molecule has 0 aromatic heterocycles. The summed E-state index contributed by atoms with van der Waals surface area (Å²) in [6.07, 6.45) is 3.01. The molecule has 1 saturated carbocycles. The molecule has 3 rings (SSSR count). The molecule has 1 aliphatic carbocycles. The minimum Gasteiger partial charge on any atom is -0.392 e. The normalized spacial score (nSPS) is 24.1. The van der Waals surface area contributed by atoms with Crippen molar-refractivity contribution >= 4 is 0 Å². The van der Waals surface area contributed by atoms with Gasteiger partial charge in [-0.2, -0.15) is 0 Å². The summed E-state index contributed by atoms with van der Waals surface area (Å²) in [5.41, 5.74) is 1.93. The van der Waals surface area contributed by atoms with E-state index < -0.39 is 6.10 Å². The lowest BCUT2D eigenvalue weighted by molar-refractivity contribution is 0.0591. The minimum atomic E-state index is -0.646. The minimum absolute atomic E-state index is 0.0346. The highest BCUT2D eigenvalue weighted by Gasteiger charge is 2.29. The Morgan fingerprint density at radius 2 is 1.39 bits per heavy atom. The maximum atomic E-state index is 10.9. The van der Waals surface area contributed by atoms with Gasteiger partial charge in [0.2, 0.25) is 0 Å². The van der Waals surface area contributed by atoms with Gasteiger partial charge in [-0.05, 0) is 24.0 Å². The van der Waals surface area contributed by atoms with Crippen molar-refractivity contribution in [3.63, 3.8) is 0 Å². The van der Waals surface area contributed by atoms with Gasteiger partial charge in [0.25, 0.3) is 0 Å². The van der Waals surface area contributed by atoms with Crippen molar-refractivity contribution in [2.75, 3.05) is 0 Å². The second-order valence-electron chi connectivity index (χ2n) is 6.37. The van der Waals surface area contributed by atoms with Crippen LogP contribution in [0.3, 0.4) is 0 Å². The number of nitrogens with one attached hydrogen (secondary N) is 1. The molecule has 4 atom stereocenters. The third-order valence-corrected chi connectivity index (χ3v) is 4.74. The van der Waals surface area contributed by atoms with Crippen molar-refractivity contribution in [1.82, 2.24) is 5.32 Å². The first-order valence-corrected chi connectivity index (χ1v) is 8.48. The number of aliphatic hydroxyl groups excluding tert-OH is 2. The van der Waals surface area contributed by atoms with Crippen molar-refractivity contribution in [2.24, 2.45) is 0 Å². The van der Waals surface area contributed by atoms with Gasteiger partial charge in [0.1, 0.15) is 0 Å². The average Bonchev–Trinajstić information content (AvgIpc) is 2.62. The van der Waals surface area contributed by atoms with Gasteiger partial charge in [0.15, 0.2) is 0 Å². The van der Waals surface area contributed by atoms with Crippen LogP contribution in [0.4, 0.5) is 0 Å². The second-order valence-corrected chi connectivity index (χ2v) is 6.37. The Hall–Kier alpha value is -1.68. The summed E-state index contributed by atoms with van der Waals surface area (Å²) in [7, 11) is 0. The highest BCUT2D eigenvalue weighted by atomic mass is 16.3. The van der Waals surface area contributed by atoms with E-state index in [1.54, 1.807) is 0 Å². The van der Waals surface area contributed by atoms with Crippen LogP contribution in [0.1, 0.15) is 49.0 Å². The van der Waals surface area contributed by atoms with E-state index in [-0.39, 0.29) is 18.2 Å². The maximum Gasteiger partial charge on any atom is 0.0984 e. The molecular weight excluding hydrogens is 286 g/mol. The molecule has 0 heterocycles. The zero-order valence-corrected chi connectivity index (χ0v) is 13.3. The van der Waals surface area contributed by atoms with Crippen LogP contribution in [0.25, 0.3) is 0 Å². The maximum absolute atomic E-state index is 10.9. The summed E-state index contributed by atoms with van der Waals surface area (Å²) in [6, 6.07) is 19.5. The van der Waals surface area contributed by atoms with Gasteiger partial charge < -0.3 is 15.5 Å². The fourth-order valence-electron chi connectivity index (χ4n) is 3.41. The Morgan fingerprint density at radius 1 is 0.826 bits per heavy atom. The van der Waals surface area contributed by atoms with Crippen LogP contribution >= 0.6 is 0 Å². The second kappa shape index (κ2) is 7.73. The first-order chi connectivity index (χ1) is 11.3. The largest absolute Gasteiger partial charge is 0.392 e. The van der Waals surface area contributed by atoms with Gasteiger partial charge in [-0.3, -0.25) is 0 Å². The quantitative estimate of drug-likeness (QED) is 0.793. The summed E-state index contributed by atoms with van der Waals surface area (Å²) in [5.74, 6) is 0. The zero-order valence-electron chi connectivity index (χ0n) is 13.3. The standard InChI is InChI=1S/C20H25NO2/c22-18-14-8-7-13-17(18)21-19(15-9-3-1-4-10-15)20(23)16-11-5-2-6-12-16/h1-6,9-12,17-23H,7-8,13-14H2. The van der Waals surface area contributed by atoms with E-state index in [1.165, 1.54) is 0 Å². The molecule has 0 amide bonds. The SMILES string of the molecule is OC1CCCCC1NC(c1ccccc1)C(O)c1ccccc1. The molecule has 2 aromatic rings. The fraction of sp³-hybridized carbons (Fsp3) is 0.400. The molecule has 23 heavy (non-hydrogen) atoms. The third-order valence-electron chi connectivity index (χ3n) is 4.74. The molecule has 4 unspecified atom stereocenters. The molecule has 0 aliphatic heterocycles. The first kappa shape index (κ1) is 16.2. The van der Waals surface area contributed by atoms with E-state index in [0.717, 1.165) is 36.8 Å². The summed E-state index contributed by atoms with van der Waals surface area (Å²) >= 11 is 0. The Balaban J connectivity index is 1.85. The molecule has 3 heteroatoms. The van der Waals surface area contributed by atoms with E-state index >= 15 is 0 Å². The third kappa shape index (κ3) is 3.99. The van der Waals surface area contributed by atoms with E-state index in [4.69, 9.17) is 0 Å². The van der Waals surface area contributed by atoms with Crippen LogP contribution in [-0.4, -0.2) is 22.4 Å². The molecule has 0 bridgehead atoms. The van der Waals surface area contributed by atoms with E-state index in [0.29, 0.717) is 0 Å². The number of benzene rings is 2. The summed E-state index contributed by atoms with van der Waals surface area (Å²) in [6.45, 7) is 0. The van der Waals surface area contributed by atoms with Crippen molar-refractivity contribution in [3.8, 4) is 0 Å². The Bertz CT molecular complexity index is 587. The topological polar surface area (TPSA) is 52.5 Å². The van der Waals surface area contributed by atoms with Gasteiger partial charge in [-0.1, -0.05) is 73.5 Å². The molecule has 3 N–H and O–H groups in total. The van der Waals surface area contributed by atoms with Crippen molar-refractivity contribution in [1.29, 1.82) is 0 Å². The van der Waals surface area contributed by atoms with Gasteiger partial charge in [-0.15, -0.1) is 0 Å². The predicted molar refractivity (Wildman–Crippen MR) is 92.0 cm³/mol. The Labute approximate surface area is 138 Å². The first-order valence-electron chi connectivity index (χ1n) is 8.48. The van der Waals surface area contributed by atoms with Gasteiger partial charge >= 0.3 is 0 Å². The Kier molecular flexibility index (Phi) is 5.44. The average molecular weight is 311 g/mol. The molecule has 1 aliphatic rings. The van der Waals surface area contributed by atoms with Crippen LogP contribution in [0, 0.1) is 0 Å². The lowest BCUT2D eigenvalue weighted by Gasteiger charge is -2.34. The van der Waals surface area contributed by atoms with Crippen LogP contribution in [0.2, 0.25) is 0 Å². The van der Waals surface area contributed by atoms with Gasteiger partial charge in [-0.25, -0.2) is 0 Å². The lowest BCUT2D eigenvalue weighted by Crippen LogP contribution is -2.45. The van der Waals surface area contributed by atoms with Crippen molar-refractivity contribution in [2.45, 2.75) is 50.0 Å². The monoisotopic (exact) mass is 311 g/mol. The summed E-state index contributed by atoms with van der Waals surface area (Å²) in [5, 5.41) is 24.7. The van der Waals surface area contributed by atoms with Gasteiger partial charge in [0.05, 0.1) is 18.2 Å². The molecule has 0 spiro atoms. The van der Waals surface area contributed by atoms with Crippen molar-refractivity contribution < 1.29 is 10.2 Å². The summed E-state index contributed by atoms with van der Waals surface area (Å²) < 4.78 is 0. The zero-order chi connectivity index (χ0) is 16.1. The Morgan fingerprint density at radius 3 is 2.00 bits per heavy atom. The van der Waals surface area contributed by atoms with Crippen molar-refractivity contribution in [3.05, 3.63) is 71.8 Å². The molecule has 0 radical (unpaired) electrons.